The lowest BCUT2D eigenvalue weighted by Gasteiger charge is -2.27. The molecule has 1 unspecified atom stereocenters. The fraction of sp³-hybridized carbons (Fsp3) is 0.200. The number of rotatable bonds is 4. The van der Waals surface area contributed by atoms with Crippen molar-refractivity contribution in [3.8, 4) is 11.1 Å². The molecule has 1 amide bonds. The molecule has 1 atom stereocenters. The summed E-state index contributed by atoms with van der Waals surface area (Å²) in [5, 5.41) is 12.7. The van der Waals surface area contributed by atoms with E-state index in [-0.39, 0.29) is 18.9 Å². The molecule has 3 aromatic rings. The summed E-state index contributed by atoms with van der Waals surface area (Å²) in [6, 6.07) is 21.6. The van der Waals surface area contributed by atoms with Crippen molar-refractivity contribution in [3.63, 3.8) is 0 Å². The third-order valence-electron chi connectivity index (χ3n) is 6.32. The zero-order valence-electron chi connectivity index (χ0n) is 16.6. The summed E-state index contributed by atoms with van der Waals surface area (Å²) < 4.78 is 6.48. The Balaban J connectivity index is 1.37. The maximum Gasteiger partial charge on any atom is 0.408 e. The Morgan fingerprint density at radius 1 is 1.03 bits per heavy atom. The molecule has 0 saturated carbocycles. The number of fused-ring (bicyclic) bond motifs is 4. The number of hydrogen-bond donors (Lipinski definition) is 2. The number of hydrogen-bond acceptors (Lipinski definition) is 3. The first-order chi connectivity index (χ1) is 15.0. The van der Waals surface area contributed by atoms with Crippen LogP contribution in [0.25, 0.3) is 11.1 Å². The number of carboxylic acid groups (broad SMARTS) is 1. The summed E-state index contributed by atoms with van der Waals surface area (Å²) in [6.45, 7) is 0.142. The van der Waals surface area contributed by atoms with Gasteiger partial charge in [-0.15, -0.1) is 0 Å². The molecule has 2 aliphatic rings. The lowest BCUT2D eigenvalue weighted by Crippen LogP contribution is -2.50. The zero-order chi connectivity index (χ0) is 21.6. The lowest BCUT2D eigenvalue weighted by molar-refractivity contribution is -0.145. The van der Waals surface area contributed by atoms with Crippen molar-refractivity contribution < 1.29 is 19.4 Å². The number of ether oxygens (including phenoxy) is 1. The Labute approximate surface area is 188 Å². The van der Waals surface area contributed by atoms with Crippen LogP contribution in [0.1, 0.15) is 34.6 Å². The Hall–Kier alpha value is -3.12. The second-order valence-electron chi connectivity index (χ2n) is 7.96. The first kappa shape index (κ1) is 19.8. The van der Waals surface area contributed by atoms with E-state index in [9.17, 15) is 14.7 Å². The first-order valence-electron chi connectivity index (χ1n) is 10.1. The molecule has 0 spiro atoms. The molecule has 0 aliphatic heterocycles. The van der Waals surface area contributed by atoms with Crippen molar-refractivity contribution in [2.45, 2.75) is 24.3 Å². The van der Waals surface area contributed by atoms with Gasteiger partial charge in [-0.3, -0.25) is 0 Å². The Bertz CT molecular complexity index is 1160. The summed E-state index contributed by atoms with van der Waals surface area (Å²) in [6.07, 6.45) is 0.142. The van der Waals surface area contributed by atoms with Crippen LogP contribution in [0.3, 0.4) is 0 Å². The van der Waals surface area contributed by atoms with Gasteiger partial charge in [0.1, 0.15) is 6.61 Å². The van der Waals surface area contributed by atoms with Gasteiger partial charge in [0.25, 0.3) is 0 Å². The van der Waals surface area contributed by atoms with Gasteiger partial charge in [0, 0.05) is 10.4 Å². The van der Waals surface area contributed by atoms with Crippen LogP contribution in [0.4, 0.5) is 4.79 Å². The number of halogens is 1. The van der Waals surface area contributed by atoms with Crippen LogP contribution >= 0.6 is 15.9 Å². The number of carbonyl (C=O) groups is 2. The second kappa shape index (κ2) is 7.54. The van der Waals surface area contributed by atoms with Crippen molar-refractivity contribution in [3.05, 3.63) is 93.5 Å². The van der Waals surface area contributed by atoms with Crippen LogP contribution in [0.2, 0.25) is 0 Å². The topological polar surface area (TPSA) is 75.6 Å². The Kier molecular flexibility index (Phi) is 4.82. The summed E-state index contributed by atoms with van der Waals surface area (Å²) >= 11 is 3.42. The van der Waals surface area contributed by atoms with Gasteiger partial charge >= 0.3 is 12.1 Å². The van der Waals surface area contributed by atoms with E-state index in [2.05, 4.69) is 33.4 Å². The van der Waals surface area contributed by atoms with E-state index in [4.69, 9.17) is 4.74 Å². The van der Waals surface area contributed by atoms with E-state index in [1.54, 1.807) is 12.1 Å². The molecule has 0 aromatic heterocycles. The molecule has 0 heterocycles. The molecular weight excluding hydrogens is 458 g/mol. The largest absolute Gasteiger partial charge is 0.479 e. The minimum absolute atomic E-state index is 0.0780. The fourth-order valence-corrected chi connectivity index (χ4v) is 5.26. The van der Waals surface area contributed by atoms with Gasteiger partial charge in [-0.25, -0.2) is 9.59 Å². The highest BCUT2D eigenvalue weighted by Crippen LogP contribution is 2.44. The zero-order valence-corrected chi connectivity index (χ0v) is 18.2. The first-order valence-corrected chi connectivity index (χ1v) is 10.9. The van der Waals surface area contributed by atoms with Crippen LogP contribution in [-0.4, -0.2) is 23.8 Å². The SMILES string of the molecule is O=C(NC1(C(=O)O)CCc2cc(Br)ccc21)OCC1c2ccccc2-c2ccccc21. The molecular formula is C25H20BrNO4. The van der Waals surface area contributed by atoms with Crippen molar-refractivity contribution in [1.29, 1.82) is 0 Å². The molecule has 6 heteroatoms. The standard InChI is InChI=1S/C25H20BrNO4/c26-16-9-10-22-15(13-16)11-12-25(22,23(28)29)27-24(30)31-14-21-19-7-3-1-5-17(19)18-6-2-4-8-20(18)21/h1-10,13,21H,11-12,14H2,(H,27,30)(H,28,29). The Morgan fingerprint density at radius 2 is 1.68 bits per heavy atom. The summed E-state index contributed by atoms with van der Waals surface area (Å²) in [7, 11) is 0. The third kappa shape index (κ3) is 3.22. The molecule has 0 radical (unpaired) electrons. The maximum absolute atomic E-state index is 12.8. The van der Waals surface area contributed by atoms with E-state index in [1.165, 1.54) is 0 Å². The number of nitrogens with one attached hydrogen (secondary N) is 1. The number of amides is 1. The maximum atomic E-state index is 12.8. The monoisotopic (exact) mass is 477 g/mol. The van der Waals surface area contributed by atoms with Crippen molar-refractivity contribution in [1.82, 2.24) is 5.32 Å². The molecule has 5 rings (SSSR count). The molecule has 5 nitrogen and oxygen atoms in total. The molecule has 3 aromatic carbocycles. The van der Waals surface area contributed by atoms with Crippen LogP contribution < -0.4 is 5.32 Å². The van der Waals surface area contributed by atoms with Gasteiger partial charge in [-0.05, 0) is 58.4 Å². The number of aliphatic carboxylic acids is 1. The molecule has 2 N–H and O–H groups in total. The van der Waals surface area contributed by atoms with E-state index in [1.807, 2.05) is 42.5 Å². The van der Waals surface area contributed by atoms with Crippen LogP contribution in [0, 0.1) is 0 Å². The van der Waals surface area contributed by atoms with Gasteiger partial charge in [-0.2, -0.15) is 0 Å². The van der Waals surface area contributed by atoms with E-state index < -0.39 is 17.6 Å². The smallest absolute Gasteiger partial charge is 0.408 e. The van der Waals surface area contributed by atoms with E-state index in [0.717, 1.165) is 32.3 Å². The predicted molar refractivity (Wildman–Crippen MR) is 120 cm³/mol. The van der Waals surface area contributed by atoms with E-state index >= 15 is 0 Å². The van der Waals surface area contributed by atoms with Gasteiger partial charge in [0.15, 0.2) is 5.54 Å². The molecule has 2 aliphatic carbocycles. The van der Waals surface area contributed by atoms with E-state index in [0.29, 0.717) is 12.0 Å². The number of benzene rings is 3. The van der Waals surface area contributed by atoms with Crippen molar-refractivity contribution >= 4 is 28.0 Å². The average molecular weight is 478 g/mol. The number of aryl methyl sites for hydroxylation is 1. The highest BCUT2D eigenvalue weighted by Gasteiger charge is 2.47. The quantitative estimate of drug-likeness (QED) is 0.540. The van der Waals surface area contributed by atoms with Gasteiger partial charge in [0.2, 0.25) is 0 Å². The van der Waals surface area contributed by atoms with Crippen molar-refractivity contribution in [2.24, 2.45) is 0 Å². The molecule has 31 heavy (non-hydrogen) atoms. The average Bonchev–Trinajstić information content (AvgIpc) is 3.29. The third-order valence-corrected chi connectivity index (χ3v) is 6.81. The Morgan fingerprint density at radius 3 is 2.32 bits per heavy atom. The van der Waals surface area contributed by atoms with Crippen LogP contribution in [0.5, 0.6) is 0 Å². The highest BCUT2D eigenvalue weighted by atomic mass is 79.9. The van der Waals surface area contributed by atoms with Gasteiger partial charge in [-0.1, -0.05) is 70.5 Å². The second-order valence-corrected chi connectivity index (χ2v) is 8.88. The van der Waals surface area contributed by atoms with Crippen LogP contribution in [-0.2, 0) is 21.5 Å². The normalized spacial score (nSPS) is 18.7. The molecule has 0 bridgehead atoms. The molecule has 0 fully saturated rings. The minimum atomic E-state index is -1.47. The fourth-order valence-electron chi connectivity index (χ4n) is 4.86. The number of alkyl carbamates (subject to hydrolysis) is 1. The number of carboxylic acids is 1. The lowest BCUT2D eigenvalue weighted by atomic mass is 9.92. The van der Waals surface area contributed by atoms with Gasteiger partial charge in [0.05, 0.1) is 0 Å². The predicted octanol–water partition coefficient (Wildman–Crippen LogP) is 5.21. The number of carbonyl (C=O) groups excluding carboxylic acids is 1. The summed E-state index contributed by atoms with van der Waals surface area (Å²) in [5.74, 6) is -1.16. The summed E-state index contributed by atoms with van der Waals surface area (Å²) in [4.78, 5) is 25.0. The highest BCUT2D eigenvalue weighted by molar-refractivity contribution is 9.10. The van der Waals surface area contributed by atoms with Crippen LogP contribution in [0.15, 0.2) is 71.2 Å². The molecule has 156 valence electrons. The summed E-state index contributed by atoms with van der Waals surface area (Å²) in [5.41, 5.74) is 4.56. The van der Waals surface area contributed by atoms with Crippen molar-refractivity contribution in [2.75, 3.05) is 6.61 Å². The van der Waals surface area contributed by atoms with Gasteiger partial charge < -0.3 is 15.2 Å². The molecule has 0 saturated heterocycles. The minimum Gasteiger partial charge on any atom is -0.479 e.